The topological polar surface area (TPSA) is 24.7 Å². The van der Waals surface area contributed by atoms with Gasteiger partial charge in [0.25, 0.3) is 0 Å². The van der Waals surface area contributed by atoms with Crippen LogP contribution in [0.1, 0.15) is 47.0 Å². The largest absolute Gasteiger partial charge is 0.226 e. The zero-order valence-electron chi connectivity index (χ0n) is 8.72. The van der Waals surface area contributed by atoms with Gasteiger partial charge in [-0.1, -0.05) is 20.8 Å². The van der Waals surface area contributed by atoms with E-state index in [1.165, 1.54) is 0 Å². The molecule has 0 unspecified atom stereocenters. The molecule has 0 saturated carbocycles. The summed E-state index contributed by atoms with van der Waals surface area (Å²) in [5, 5.41) is 0. The number of aliphatic imine (C=N–C) groups is 2. The first-order chi connectivity index (χ1) is 5.74. The smallest absolute Gasteiger partial charge is 0.0898 e. The Morgan fingerprint density at radius 2 is 1.50 bits per heavy atom. The van der Waals surface area contributed by atoms with Gasteiger partial charge in [0.2, 0.25) is 0 Å². The second kappa shape index (κ2) is 5.96. The van der Waals surface area contributed by atoms with Gasteiger partial charge in [-0.25, -0.2) is 9.98 Å². The molecule has 0 radical (unpaired) electrons. The summed E-state index contributed by atoms with van der Waals surface area (Å²) in [6.45, 7) is 9.28. The Labute approximate surface area is 75.8 Å². The van der Waals surface area contributed by atoms with Gasteiger partial charge in [0.15, 0.2) is 0 Å². The van der Waals surface area contributed by atoms with Crippen molar-refractivity contribution in [3.63, 3.8) is 0 Å². The van der Waals surface area contributed by atoms with Crippen LogP contribution in [0.15, 0.2) is 9.98 Å². The number of hydrogen-bond acceptors (Lipinski definition) is 2. The van der Waals surface area contributed by atoms with Crippen molar-refractivity contribution >= 4 is 6.01 Å². The van der Waals surface area contributed by atoms with Crippen LogP contribution >= 0.6 is 0 Å². The molecule has 0 aromatic heterocycles. The average Bonchev–Trinajstić information content (AvgIpc) is 2.14. The van der Waals surface area contributed by atoms with E-state index in [1.54, 1.807) is 0 Å². The first-order valence-corrected chi connectivity index (χ1v) is 4.88. The Morgan fingerprint density at radius 3 is 1.83 bits per heavy atom. The SMILES string of the molecule is CCN=C=NC(CC)(CC)CC. The number of nitrogens with zero attached hydrogens (tertiary/aromatic N) is 2. The van der Waals surface area contributed by atoms with E-state index < -0.39 is 0 Å². The predicted octanol–water partition coefficient (Wildman–Crippen LogP) is 3.15. The van der Waals surface area contributed by atoms with Crippen LogP contribution in [0.25, 0.3) is 0 Å². The van der Waals surface area contributed by atoms with Crippen molar-refractivity contribution in [2.45, 2.75) is 52.5 Å². The third-order valence-electron chi connectivity index (χ3n) is 2.49. The first kappa shape index (κ1) is 11.4. The van der Waals surface area contributed by atoms with E-state index in [0.29, 0.717) is 0 Å². The molecule has 0 aliphatic heterocycles. The third kappa shape index (κ3) is 3.19. The summed E-state index contributed by atoms with van der Waals surface area (Å²) in [6, 6.07) is 2.78. The fraction of sp³-hybridized carbons (Fsp3) is 0.900. The zero-order chi connectivity index (χ0) is 9.45. The molecule has 2 heteroatoms. The van der Waals surface area contributed by atoms with E-state index in [2.05, 4.69) is 36.8 Å². The molecular weight excluding hydrogens is 148 g/mol. The molecule has 0 saturated heterocycles. The lowest BCUT2D eigenvalue weighted by Crippen LogP contribution is -2.22. The minimum absolute atomic E-state index is 0.0959. The van der Waals surface area contributed by atoms with E-state index in [9.17, 15) is 0 Å². The molecule has 2 nitrogen and oxygen atoms in total. The molecule has 70 valence electrons. The van der Waals surface area contributed by atoms with Crippen molar-refractivity contribution in [2.75, 3.05) is 6.54 Å². The highest BCUT2D eigenvalue weighted by atomic mass is 14.9. The van der Waals surface area contributed by atoms with Crippen molar-refractivity contribution in [1.82, 2.24) is 0 Å². The highest BCUT2D eigenvalue weighted by Crippen LogP contribution is 2.23. The monoisotopic (exact) mass is 168 g/mol. The summed E-state index contributed by atoms with van der Waals surface area (Å²) in [4.78, 5) is 8.37. The van der Waals surface area contributed by atoms with Gasteiger partial charge in [0, 0.05) is 6.54 Å². The maximum Gasteiger partial charge on any atom is 0.0898 e. The molecule has 0 aromatic rings. The Hall–Kier alpha value is -0.620. The summed E-state index contributed by atoms with van der Waals surface area (Å²) < 4.78 is 0. The van der Waals surface area contributed by atoms with E-state index in [0.717, 1.165) is 25.8 Å². The van der Waals surface area contributed by atoms with Gasteiger partial charge in [-0.2, -0.15) is 0 Å². The van der Waals surface area contributed by atoms with Crippen molar-refractivity contribution < 1.29 is 0 Å². The number of rotatable bonds is 5. The van der Waals surface area contributed by atoms with Crippen molar-refractivity contribution in [3.8, 4) is 0 Å². The van der Waals surface area contributed by atoms with Crippen molar-refractivity contribution in [2.24, 2.45) is 9.98 Å². The van der Waals surface area contributed by atoms with Gasteiger partial charge in [-0.3, -0.25) is 0 Å². The second-order valence-electron chi connectivity index (χ2n) is 2.97. The van der Waals surface area contributed by atoms with Crippen LogP contribution in [0, 0.1) is 0 Å². The van der Waals surface area contributed by atoms with Crippen LogP contribution in [0.3, 0.4) is 0 Å². The quantitative estimate of drug-likeness (QED) is 0.563. The lowest BCUT2D eigenvalue weighted by molar-refractivity contribution is 0.388. The molecule has 0 aliphatic carbocycles. The Morgan fingerprint density at radius 1 is 1.00 bits per heavy atom. The molecule has 0 spiro atoms. The van der Waals surface area contributed by atoms with Gasteiger partial charge < -0.3 is 0 Å². The Kier molecular flexibility index (Phi) is 5.65. The molecule has 0 N–H and O–H groups in total. The van der Waals surface area contributed by atoms with Crippen molar-refractivity contribution in [3.05, 3.63) is 0 Å². The molecule has 0 heterocycles. The van der Waals surface area contributed by atoms with E-state index in [-0.39, 0.29) is 5.54 Å². The van der Waals surface area contributed by atoms with Gasteiger partial charge >= 0.3 is 0 Å². The lowest BCUT2D eigenvalue weighted by Gasteiger charge is -2.23. The van der Waals surface area contributed by atoms with Gasteiger partial charge in [0.05, 0.1) is 11.5 Å². The maximum absolute atomic E-state index is 4.38. The standard InChI is InChI=1S/C10H20N2/c1-5-10(6-2,7-3)12-9-11-8-4/h5-8H2,1-4H3. The summed E-state index contributed by atoms with van der Waals surface area (Å²) in [7, 11) is 0. The van der Waals surface area contributed by atoms with Crippen LogP contribution in [0.5, 0.6) is 0 Å². The first-order valence-electron chi connectivity index (χ1n) is 4.88. The lowest BCUT2D eigenvalue weighted by atomic mass is 9.91. The Bertz CT molecular complexity index is 154. The van der Waals surface area contributed by atoms with E-state index in [1.807, 2.05) is 6.92 Å². The molecule has 0 aliphatic rings. The van der Waals surface area contributed by atoms with Crippen LogP contribution < -0.4 is 0 Å². The zero-order valence-corrected chi connectivity index (χ0v) is 8.72. The molecule has 12 heavy (non-hydrogen) atoms. The molecule has 0 fully saturated rings. The normalized spacial score (nSPS) is 10.7. The minimum atomic E-state index is 0.0959. The summed E-state index contributed by atoms with van der Waals surface area (Å²) in [6.07, 6.45) is 3.23. The Balaban J connectivity index is 4.39. The second-order valence-corrected chi connectivity index (χ2v) is 2.97. The van der Waals surface area contributed by atoms with Crippen LogP contribution in [-0.4, -0.2) is 18.1 Å². The highest BCUT2D eigenvalue weighted by Gasteiger charge is 2.21. The van der Waals surface area contributed by atoms with Crippen LogP contribution in [0.4, 0.5) is 0 Å². The molecule has 0 amide bonds. The van der Waals surface area contributed by atoms with Crippen molar-refractivity contribution in [1.29, 1.82) is 0 Å². The molecule has 0 aromatic carbocycles. The molecule has 0 bridgehead atoms. The molecular formula is C10H20N2. The van der Waals surface area contributed by atoms with Gasteiger partial charge in [-0.05, 0) is 26.2 Å². The predicted molar refractivity (Wildman–Crippen MR) is 54.0 cm³/mol. The average molecular weight is 168 g/mol. The van der Waals surface area contributed by atoms with Crippen LogP contribution in [0.2, 0.25) is 0 Å². The van der Waals surface area contributed by atoms with E-state index in [4.69, 9.17) is 0 Å². The highest BCUT2D eigenvalue weighted by molar-refractivity contribution is 5.42. The van der Waals surface area contributed by atoms with Crippen LogP contribution in [-0.2, 0) is 0 Å². The van der Waals surface area contributed by atoms with E-state index >= 15 is 0 Å². The fourth-order valence-corrected chi connectivity index (χ4v) is 1.20. The van der Waals surface area contributed by atoms with Gasteiger partial charge in [-0.15, -0.1) is 0 Å². The fourth-order valence-electron chi connectivity index (χ4n) is 1.20. The minimum Gasteiger partial charge on any atom is -0.226 e. The summed E-state index contributed by atoms with van der Waals surface area (Å²) >= 11 is 0. The molecule has 0 rings (SSSR count). The van der Waals surface area contributed by atoms with Gasteiger partial charge in [0.1, 0.15) is 0 Å². The summed E-state index contributed by atoms with van der Waals surface area (Å²) in [5.74, 6) is 0. The number of hydrogen-bond donors (Lipinski definition) is 0. The summed E-state index contributed by atoms with van der Waals surface area (Å²) in [5.41, 5.74) is 0.0959. The maximum atomic E-state index is 4.38. The third-order valence-corrected chi connectivity index (χ3v) is 2.49. The molecule has 0 atom stereocenters.